The summed E-state index contributed by atoms with van der Waals surface area (Å²) in [6.07, 6.45) is 9.98. The Bertz CT molecular complexity index is 1580. The molecule has 0 fully saturated rings. The van der Waals surface area contributed by atoms with Crippen molar-refractivity contribution in [1.82, 2.24) is 9.80 Å². The van der Waals surface area contributed by atoms with Crippen molar-refractivity contribution in [2.24, 2.45) is 5.73 Å². The fourth-order valence-corrected chi connectivity index (χ4v) is 4.33. The Labute approximate surface area is 267 Å². The zero-order valence-electron chi connectivity index (χ0n) is 25.6. The fourth-order valence-electron chi connectivity index (χ4n) is 4.33. The van der Waals surface area contributed by atoms with Crippen LogP contribution in [-0.2, 0) is 14.4 Å². The van der Waals surface area contributed by atoms with Gasteiger partial charge in [0.15, 0.2) is 23.0 Å². The number of benzene rings is 3. The third kappa shape index (κ3) is 10.9. The highest BCUT2D eigenvalue weighted by Gasteiger charge is 2.18. The van der Waals surface area contributed by atoms with E-state index in [2.05, 4.69) is 0 Å². The summed E-state index contributed by atoms with van der Waals surface area (Å²) in [5, 5.41) is 38.6. The van der Waals surface area contributed by atoms with Crippen LogP contribution in [0.1, 0.15) is 36.0 Å². The van der Waals surface area contributed by atoms with Crippen molar-refractivity contribution in [3.63, 3.8) is 0 Å². The zero-order valence-corrected chi connectivity index (χ0v) is 25.6. The minimum Gasteiger partial charge on any atom is -0.508 e. The average Bonchev–Trinajstić information content (AvgIpc) is 3.05. The van der Waals surface area contributed by atoms with Crippen LogP contribution in [0.5, 0.6) is 28.7 Å². The van der Waals surface area contributed by atoms with Crippen LogP contribution in [-0.4, -0.2) is 81.2 Å². The topological polar surface area (TPSA) is 174 Å². The lowest BCUT2D eigenvalue weighted by atomic mass is 10.1. The lowest BCUT2D eigenvalue weighted by molar-refractivity contribution is -0.139. The maximum atomic E-state index is 13.2. The van der Waals surface area contributed by atoms with E-state index in [0.717, 1.165) is 10.5 Å². The van der Waals surface area contributed by atoms with Gasteiger partial charge in [0.25, 0.3) is 11.8 Å². The summed E-state index contributed by atoms with van der Waals surface area (Å²) in [6, 6.07) is 15.1. The number of carbonyl (C=O) groups is 3. The predicted octanol–water partition coefficient (Wildman–Crippen LogP) is 4.27. The van der Waals surface area contributed by atoms with Gasteiger partial charge in [-0.2, -0.15) is 0 Å². The molecule has 46 heavy (non-hydrogen) atoms. The second-order valence-electron chi connectivity index (χ2n) is 10.3. The van der Waals surface area contributed by atoms with E-state index in [1.165, 1.54) is 73.9 Å². The molecule has 0 aliphatic carbocycles. The van der Waals surface area contributed by atoms with Gasteiger partial charge in [-0.05, 0) is 97.1 Å². The highest BCUT2D eigenvalue weighted by atomic mass is 16.5. The van der Waals surface area contributed by atoms with Crippen molar-refractivity contribution < 1.29 is 39.5 Å². The van der Waals surface area contributed by atoms with Gasteiger partial charge in [0.1, 0.15) is 5.75 Å². The van der Waals surface area contributed by atoms with Crippen molar-refractivity contribution in [3.05, 3.63) is 95.6 Å². The summed E-state index contributed by atoms with van der Waals surface area (Å²) < 4.78 is 5.11. The maximum absolute atomic E-state index is 13.2. The number of phenolic OH excluding ortho intramolecular Hbond substituents is 4. The van der Waals surface area contributed by atoms with Gasteiger partial charge in [-0.3, -0.25) is 19.3 Å². The highest BCUT2D eigenvalue weighted by molar-refractivity contribution is 6.07. The summed E-state index contributed by atoms with van der Waals surface area (Å²) in [6.45, 7) is 1.29. The number of imide groups is 1. The van der Waals surface area contributed by atoms with Crippen LogP contribution in [0.4, 0.5) is 0 Å². The van der Waals surface area contributed by atoms with Gasteiger partial charge in [-0.15, -0.1) is 0 Å². The molecule has 11 nitrogen and oxygen atoms in total. The number of unbranched alkanes of at least 4 members (excludes halogenated alkanes) is 1. The fraction of sp³-hybridized carbons (Fsp3) is 0.229. The van der Waals surface area contributed by atoms with Gasteiger partial charge in [0.2, 0.25) is 5.91 Å². The molecular weight excluding hydrogens is 590 g/mol. The number of rotatable bonds is 15. The van der Waals surface area contributed by atoms with Gasteiger partial charge in [-0.25, -0.2) is 0 Å². The summed E-state index contributed by atoms with van der Waals surface area (Å²) in [4.78, 5) is 42.1. The van der Waals surface area contributed by atoms with Gasteiger partial charge in [-0.1, -0.05) is 24.3 Å². The van der Waals surface area contributed by atoms with Crippen LogP contribution >= 0.6 is 0 Å². The molecule has 0 bridgehead atoms. The van der Waals surface area contributed by atoms with Crippen LogP contribution in [0.25, 0.3) is 18.2 Å². The van der Waals surface area contributed by atoms with E-state index in [0.29, 0.717) is 50.0 Å². The summed E-state index contributed by atoms with van der Waals surface area (Å²) in [5.74, 6) is -1.73. The summed E-state index contributed by atoms with van der Waals surface area (Å²) in [5.41, 5.74) is 7.45. The Morgan fingerprint density at radius 3 is 1.78 bits per heavy atom. The first kappa shape index (κ1) is 34.9. The molecule has 0 atom stereocenters. The SMILES string of the molecule is COc1cc(/C=C/C(=O)N(CCCCN(CCCN)C(=O)/C=C/c2ccc(O)cc2)C(=O)/C=C/c2ccc(O)c(O)c2)ccc1O. The molecule has 0 saturated heterocycles. The first-order chi connectivity index (χ1) is 22.1. The first-order valence-corrected chi connectivity index (χ1v) is 14.7. The number of ether oxygens (including phenoxy) is 1. The number of hydrogen-bond donors (Lipinski definition) is 5. The number of phenols is 4. The van der Waals surface area contributed by atoms with E-state index < -0.39 is 11.8 Å². The maximum Gasteiger partial charge on any atom is 0.253 e. The molecule has 0 aliphatic heterocycles. The minimum absolute atomic E-state index is 0.0528. The van der Waals surface area contributed by atoms with Crippen molar-refractivity contribution in [2.45, 2.75) is 19.3 Å². The van der Waals surface area contributed by atoms with Crippen molar-refractivity contribution in [1.29, 1.82) is 0 Å². The molecule has 0 aliphatic rings. The average molecular weight is 630 g/mol. The molecule has 3 aromatic rings. The molecule has 0 aromatic heterocycles. The lowest BCUT2D eigenvalue weighted by Gasteiger charge is -2.22. The van der Waals surface area contributed by atoms with Crippen molar-refractivity contribution in [3.8, 4) is 28.7 Å². The van der Waals surface area contributed by atoms with Crippen LogP contribution in [0, 0.1) is 0 Å². The Balaban J connectivity index is 1.71. The molecule has 0 spiro atoms. The lowest BCUT2D eigenvalue weighted by Crippen LogP contribution is -2.36. The summed E-state index contributed by atoms with van der Waals surface area (Å²) in [7, 11) is 1.41. The van der Waals surface area contributed by atoms with Crippen LogP contribution < -0.4 is 10.5 Å². The van der Waals surface area contributed by atoms with Crippen LogP contribution in [0.2, 0.25) is 0 Å². The second-order valence-corrected chi connectivity index (χ2v) is 10.3. The molecule has 11 heteroatoms. The predicted molar refractivity (Wildman–Crippen MR) is 176 cm³/mol. The Kier molecular flexibility index (Phi) is 13.4. The number of nitrogens with zero attached hydrogens (tertiary/aromatic N) is 2. The number of nitrogens with two attached hydrogens (primary N) is 1. The molecule has 0 heterocycles. The number of hydrogen-bond acceptors (Lipinski definition) is 9. The van der Waals surface area contributed by atoms with Crippen LogP contribution in [0.3, 0.4) is 0 Å². The van der Waals surface area contributed by atoms with Gasteiger partial charge < -0.3 is 35.8 Å². The van der Waals surface area contributed by atoms with E-state index in [9.17, 15) is 34.8 Å². The summed E-state index contributed by atoms with van der Waals surface area (Å²) >= 11 is 0. The van der Waals surface area contributed by atoms with Gasteiger partial charge in [0.05, 0.1) is 7.11 Å². The third-order valence-corrected chi connectivity index (χ3v) is 6.89. The number of methoxy groups -OCH3 is 1. The molecule has 242 valence electrons. The minimum atomic E-state index is -0.599. The smallest absolute Gasteiger partial charge is 0.253 e. The Hall–Kier alpha value is -5.55. The van der Waals surface area contributed by atoms with E-state index in [-0.39, 0.29) is 41.2 Å². The normalized spacial score (nSPS) is 11.3. The van der Waals surface area contributed by atoms with E-state index >= 15 is 0 Å². The number of amides is 3. The highest BCUT2D eigenvalue weighted by Crippen LogP contribution is 2.27. The first-order valence-electron chi connectivity index (χ1n) is 14.7. The van der Waals surface area contributed by atoms with Crippen molar-refractivity contribution in [2.75, 3.05) is 33.3 Å². The quantitative estimate of drug-likeness (QED) is 0.0934. The molecule has 3 aromatic carbocycles. The second kappa shape index (κ2) is 17.7. The van der Waals surface area contributed by atoms with Crippen LogP contribution in [0.15, 0.2) is 78.9 Å². The molecule has 3 rings (SSSR count). The Morgan fingerprint density at radius 1 is 0.652 bits per heavy atom. The standard InChI is InChI=1S/C35H39N3O8/c1-46-32-24-27(8-15-30(32)41)11-18-35(45)38(34(44)17-10-26-7-14-29(40)31(42)23-26)22-3-2-20-37(21-4-19-36)33(43)16-9-25-5-12-28(39)13-6-25/h5-18,23-24,39-42H,2-4,19-22,36H2,1H3/b16-9+,17-10+,18-11+. The molecule has 6 N–H and O–H groups in total. The molecule has 0 saturated carbocycles. The zero-order chi connectivity index (χ0) is 33.5. The molecule has 3 amide bonds. The van der Waals surface area contributed by atoms with E-state index in [1.807, 2.05) is 0 Å². The number of aromatic hydroxyl groups is 4. The van der Waals surface area contributed by atoms with E-state index in [4.69, 9.17) is 10.5 Å². The third-order valence-electron chi connectivity index (χ3n) is 6.89. The van der Waals surface area contributed by atoms with Crippen molar-refractivity contribution >= 4 is 35.9 Å². The molecule has 0 radical (unpaired) electrons. The largest absolute Gasteiger partial charge is 0.508 e. The van der Waals surface area contributed by atoms with Gasteiger partial charge in [0, 0.05) is 37.9 Å². The number of carbonyl (C=O) groups excluding carboxylic acids is 3. The molecule has 0 unspecified atom stereocenters. The monoisotopic (exact) mass is 629 g/mol. The molecular formula is C35H39N3O8. The Morgan fingerprint density at radius 2 is 1.17 bits per heavy atom. The van der Waals surface area contributed by atoms with Gasteiger partial charge >= 0.3 is 0 Å². The van der Waals surface area contributed by atoms with E-state index in [1.54, 1.807) is 35.2 Å².